The Morgan fingerprint density at radius 1 is 1.35 bits per heavy atom. The van der Waals surface area contributed by atoms with Gasteiger partial charge in [-0.25, -0.2) is 4.99 Å². The molecule has 0 radical (unpaired) electrons. The number of nitrogens with one attached hydrogen (secondary N) is 1. The van der Waals surface area contributed by atoms with Gasteiger partial charge in [-0.2, -0.15) is 0 Å². The molecule has 2 rings (SSSR count). The number of benzene rings is 1. The quantitative estimate of drug-likeness (QED) is 0.553. The van der Waals surface area contributed by atoms with Gasteiger partial charge in [-0.3, -0.25) is 4.90 Å². The number of rotatable bonds is 6. The van der Waals surface area contributed by atoms with Crippen LogP contribution < -0.4 is 11.1 Å². The van der Waals surface area contributed by atoms with Gasteiger partial charge in [0.2, 0.25) is 0 Å². The van der Waals surface area contributed by atoms with Gasteiger partial charge < -0.3 is 16.2 Å². The molecule has 128 valence electrons. The van der Waals surface area contributed by atoms with E-state index in [-0.39, 0.29) is 6.10 Å². The van der Waals surface area contributed by atoms with Gasteiger partial charge in [-0.1, -0.05) is 31.2 Å². The maximum atomic E-state index is 9.62. The molecule has 1 unspecified atom stereocenters. The van der Waals surface area contributed by atoms with Gasteiger partial charge in [0, 0.05) is 25.7 Å². The lowest BCUT2D eigenvalue weighted by atomic mass is 10.0. The number of aliphatic hydroxyl groups excluding tert-OH is 1. The van der Waals surface area contributed by atoms with E-state index in [9.17, 15) is 5.11 Å². The topological polar surface area (TPSA) is 73.9 Å². The number of piperidine rings is 1. The summed E-state index contributed by atoms with van der Waals surface area (Å²) in [4.78, 5) is 6.87. The van der Waals surface area contributed by atoms with Crippen molar-refractivity contribution >= 4 is 5.96 Å². The van der Waals surface area contributed by atoms with Crippen LogP contribution in [0.3, 0.4) is 0 Å². The van der Waals surface area contributed by atoms with Gasteiger partial charge in [-0.15, -0.1) is 0 Å². The van der Waals surface area contributed by atoms with Crippen molar-refractivity contribution in [2.45, 2.75) is 58.3 Å². The first-order valence-electron chi connectivity index (χ1n) is 8.62. The minimum atomic E-state index is -0.127. The third-order valence-corrected chi connectivity index (χ3v) is 4.50. The normalized spacial score (nSPS) is 18.8. The highest BCUT2D eigenvalue weighted by Crippen LogP contribution is 2.17. The summed E-state index contributed by atoms with van der Waals surface area (Å²) >= 11 is 0. The second-order valence-electron chi connectivity index (χ2n) is 6.43. The number of hydrogen-bond donors (Lipinski definition) is 3. The summed E-state index contributed by atoms with van der Waals surface area (Å²) in [6.07, 6.45) is 2.63. The maximum absolute atomic E-state index is 9.62. The highest BCUT2D eigenvalue weighted by atomic mass is 16.3. The van der Waals surface area contributed by atoms with Crippen LogP contribution in [-0.4, -0.2) is 41.2 Å². The van der Waals surface area contributed by atoms with E-state index < -0.39 is 0 Å². The summed E-state index contributed by atoms with van der Waals surface area (Å²) in [7, 11) is 0. The molecule has 1 aliphatic rings. The molecule has 5 nitrogen and oxygen atoms in total. The summed E-state index contributed by atoms with van der Waals surface area (Å²) in [6.45, 7) is 7.64. The highest BCUT2D eigenvalue weighted by molar-refractivity contribution is 5.78. The SMILES string of the molecule is CCC(C)NC(N)=NCc1ccccc1CN1CCC(O)CC1. The smallest absolute Gasteiger partial charge is 0.189 e. The van der Waals surface area contributed by atoms with Crippen LogP contribution in [0.4, 0.5) is 0 Å². The van der Waals surface area contributed by atoms with Crippen molar-refractivity contribution < 1.29 is 5.11 Å². The Bertz CT molecular complexity index is 509. The van der Waals surface area contributed by atoms with E-state index in [2.05, 4.69) is 47.3 Å². The Hall–Kier alpha value is -1.59. The van der Waals surface area contributed by atoms with Crippen molar-refractivity contribution in [2.75, 3.05) is 13.1 Å². The summed E-state index contributed by atoms with van der Waals surface area (Å²) in [5, 5.41) is 12.8. The van der Waals surface area contributed by atoms with E-state index >= 15 is 0 Å². The number of nitrogens with zero attached hydrogens (tertiary/aromatic N) is 2. The number of nitrogens with two attached hydrogens (primary N) is 1. The van der Waals surface area contributed by atoms with E-state index in [0.717, 1.165) is 38.9 Å². The lowest BCUT2D eigenvalue weighted by Crippen LogP contribution is -2.38. The molecule has 1 saturated heterocycles. The van der Waals surface area contributed by atoms with Gasteiger partial charge in [0.25, 0.3) is 0 Å². The van der Waals surface area contributed by atoms with E-state index in [1.54, 1.807) is 0 Å². The number of guanidine groups is 1. The molecule has 1 fully saturated rings. The predicted octanol–water partition coefficient (Wildman–Crippen LogP) is 1.85. The zero-order valence-corrected chi connectivity index (χ0v) is 14.3. The highest BCUT2D eigenvalue weighted by Gasteiger charge is 2.17. The average molecular weight is 318 g/mol. The lowest BCUT2D eigenvalue weighted by Gasteiger charge is -2.30. The molecule has 0 aliphatic carbocycles. The molecule has 0 bridgehead atoms. The first-order chi connectivity index (χ1) is 11.1. The largest absolute Gasteiger partial charge is 0.393 e. The first kappa shape index (κ1) is 17.8. The summed E-state index contributed by atoms with van der Waals surface area (Å²) in [5.41, 5.74) is 8.46. The maximum Gasteiger partial charge on any atom is 0.189 e. The van der Waals surface area contributed by atoms with Crippen molar-refractivity contribution in [1.29, 1.82) is 0 Å². The van der Waals surface area contributed by atoms with Gasteiger partial charge in [-0.05, 0) is 37.3 Å². The molecular formula is C18H30N4O. The van der Waals surface area contributed by atoms with Crippen LogP contribution >= 0.6 is 0 Å². The first-order valence-corrected chi connectivity index (χ1v) is 8.62. The molecule has 0 amide bonds. The molecule has 1 heterocycles. The Kier molecular flexibility index (Phi) is 6.86. The Labute approximate surface area is 139 Å². The Morgan fingerprint density at radius 3 is 2.65 bits per heavy atom. The second kappa shape index (κ2) is 8.89. The van der Waals surface area contributed by atoms with Crippen LogP contribution in [0.25, 0.3) is 0 Å². The van der Waals surface area contributed by atoms with Crippen LogP contribution in [0, 0.1) is 0 Å². The molecule has 5 heteroatoms. The lowest BCUT2D eigenvalue weighted by molar-refractivity contribution is 0.0791. The molecule has 0 spiro atoms. The van der Waals surface area contributed by atoms with Crippen molar-refractivity contribution in [3.63, 3.8) is 0 Å². The van der Waals surface area contributed by atoms with E-state index in [0.29, 0.717) is 18.5 Å². The van der Waals surface area contributed by atoms with Crippen LogP contribution in [0.15, 0.2) is 29.3 Å². The van der Waals surface area contributed by atoms with Gasteiger partial charge >= 0.3 is 0 Å². The van der Waals surface area contributed by atoms with Gasteiger partial charge in [0.15, 0.2) is 5.96 Å². The minimum absolute atomic E-state index is 0.127. The molecule has 0 saturated carbocycles. The standard InChI is InChI=1S/C18H30N4O/c1-3-14(2)21-18(19)20-12-15-6-4-5-7-16(15)13-22-10-8-17(23)9-11-22/h4-7,14,17,23H,3,8-13H2,1-2H3,(H3,19,20,21). The fourth-order valence-corrected chi connectivity index (χ4v) is 2.75. The summed E-state index contributed by atoms with van der Waals surface area (Å²) < 4.78 is 0. The van der Waals surface area contributed by atoms with Crippen molar-refractivity contribution in [3.8, 4) is 0 Å². The fraction of sp³-hybridized carbons (Fsp3) is 0.611. The molecule has 23 heavy (non-hydrogen) atoms. The zero-order valence-electron chi connectivity index (χ0n) is 14.3. The zero-order chi connectivity index (χ0) is 16.7. The van der Waals surface area contributed by atoms with Crippen molar-refractivity contribution in [1.82, 2.24) is 10.2 Å². The molecule has 1 atom stereocenters. The third kappa shape index (κ3) is 5.84. The van der Waals surface area contributed by atoms with E-state index in [1.807, 2.05) is 6.07 Å². The molecular weight excluding hydrogens is 288 g/mol. The van der Waals surface area contributed by atoms with Crippen molar-refractivity contribution in [2.24, 2.45) is 10.7 Å². The van der Waals surface area contributed by atoms with Gasteiger partial charge in [0.1, 0.15) is 0 Å². The molecule has 1 aromatic rings. The molecule has 4 N–H and O–H groups in total. The molecule has 0 aromatic heterocycles. The monoisotopic (exact) mass is 318 g/mol. The van der Waals surface area contributed by atoms with Crippen LogP contribution in [0.2, 0.25) is 0 Å². The second-order valence-corrected chi connectivity index (χ2v) is 6.43. The minimum Gasteiger partial charge on any atom is -0.393 e. The fourth-order valence-electron chi connectivity index (χ4n) is 2.75. The number of aliphatic imine (C=N–C) groups is 1. The number of hydrogen-bond acceptors (Lipinski definition) is 3. The third-order valence-electron chi connectivity index (χ3n) is 4.50. The van der Waals surface area contributed by atoms with E-state index in [4.69, 9.17) is 5.73 Å². The van der Waals surface area contributed by atoms with E-state index in [1.165, 1.54) is 11.1 Å². The summed E-state index contributed by atoms with van der Waals surface area (Å²) in [6, 6.07) is 8.74. The van der Waals surface area contributed by atoms with Crippen LogP contribution in [-0.2, 0) is 13.1 Å². The van der Waals surface area contributed by atoms with Gasteiger partial charge in [0.05, 0.1) is 12.6 Å². The van der Waals surface area contributed by atoms with Crippen LogP contribution in [0.1, 0.15) is 44.2 Å². The average Bonchev–Trinajstić information content (AvgIpc) is 2.56. The predicted molar refractivity (Wildman–Crippen MR) is 95.2 cm³/mol. The summed E-state index contributed by atoms with van der Waals surface area (Å²) in [5.74, 6) is 0.509. The molecule has 1 aromatic carbocycles. The number of aliphatic hydroxyl groups is 1. The molecule has 1 aliphatic heterocycles. The number of likely N-dealkylation sites (tertiary alicyclic amines) is 1. The Morgan fingerprint density at radius 2 is 2.00 bits per heavy atom. The van der Waals surface area contributed by atoms with Crippen molar-refractivity contribution in [3.05, 3.63) is 35.4 Å². The van der Waals surface area contributed by atoms with Crippen LogP contribution in [0.5, 0.6) is 0 Å². The Balaban J connectivity index is 1.96.